The zero-order chi connectivity index (χ0) is 19.1. The van der Waals surface area contributed by atoms with Crippen LogP contribution in [0.5, 0.6) is 11.5 Å². The van der Waals surface area contributed by atoms with Crippen LogP contribution >= 0.6 is 0 Å². The Bertz CT molecular complexity index is 648. The second kappa shape index (κ2) is 9.60. The monoisotopic (exact) mass is 361 g/mol. The van der Waals surface area contributed by atoms with Gasteiger partial charge in [0.1, 0.15) is 11.5 Å². The van der Waals surface area contributed by atoms with Crippen molar-refractivity contribution in [1.29, 1.82) is 0 Å². The zero-order valence-corrected chi connectivity index (χ0v) is 16.4. The Morgan fingerprint density at radius 1 is 1.12 bits per heavy atom. The van der Waals surface area contributed by atoms with E-state index in [-0.39, 0.29) is 11.9 Å². The first-order chi connectivity index (χ1) is 12.4. The minimum Gasteiger partial charge on any atom is -0.493 e. The van der Waals surface area contributed by atoms with Gasteiger partial charge in [-0.2, -0.15) is 0 Å². The summed E-state index contributed by atoms with van der Waals surface area (Å²) in [6.45, 7) is 7.66. The molecule has 1 N–H and O–H groups in total. The predicted octanol–water partition coefficient (Wildman–Crippen LogP) is 4.15. The molecule has 1 aromatic rings. The summed E-state index contributed by atoms with van der Waals surface area (Å²) < 4.78 is 11.2. The molecule has 26 heavy (non-hydrogen) atoms. The van der Waals surface area contributed by atoms with Gasteiger partial charge in [-0.05, 0) is 62.8 Å². The zero-order valence-electron chi connectivity index (χ0n) is 16.4. The molecule has 0 spiro atoms. The summed E-state index contributed by atoms with van der Waals surface area (Å²) in [5.41, 5.74) is 2.73. The second-order valence-electron chi connectivity index (χ2n) is 7.22. The van der Waals surface area contributed by atoms with Gasteiger partial charge in [-0.3, -0.25) is 9.59 Å². The highest BCUT2D eigenvalue weighted by atomic mass is 16.5. The van der Waals surface area contributed by atoms with Crippen LogP contribution in [0.3, 0.4) is 0 Å². The number of benzene rings is 1. The SMILES string of the molecule is CC(=O)Oc1c(C)cc(OCCCC(=O)NC2CCCCC2)c(C)c1C. The Balaban J connectivity index is 1.82. The van der Waals surface area contributed by atoms with Crippen molar-refractivity contribution in [3.05, 3.63) is 22.8 Å². The average Bonchev–Trinajstić information content (AvgIpc) is 2.60. The Morgan fingerprint density at radius 2 is 1.81 bits per heavy atom. The number of hydrogen-bond acceptors (Lipinski definition) is 4. The second-order valence-corrected chi connectivity index (χ2v) is 7.22. The molecule has 0 unspecified atom stereocenters. The molecule has 0 aromatic heterocycles. The van der Waals surface area contributed by atoms with E-state index < -0.39 is 0 Å². The summed E-state index contributed by atoms with van der Waals surface area (Å²) in [6.07, 6.45) is 7.10. The van der Waals surface area contributed by atoms with Gasteiger partial charge in [-0.15, -0.1) is 0 Å². The molecule has 0 aliphatic heterocycles. The van der Waals surface area contributed by atoms with Gasteiger partial charge in [0.05, 0.1) is 6.61 Å². The number of aryl methyl sites for hydroxylation is 1. The predicted molar refractivity (Wildman–Crippen MR) is 102 cm³/mol. The summed E-state index contributed by atoms with van der Waals surface area (Å²) in [5, 5.41) is 3.13. The number of hydrogen-bond donors (Lipinski definition) is 1. The van der Waals surface area contributed by atoms with Crippen molar-refractivity contribution < 1.29 is 19.1 Å². The van der Waals surface area contributed by atoms with Crippen molar-refractivity contribution in [1.82, 2.24) is 5.32 Å². The van der Waals surface area contributed by atoms with E-state index in [0.29, 0.717) is 31.2 Å². The molecule has 1 aliphatic carbocycles. The molecule has 1 amide bonds. The third-order valence-corrected chi connectivity index (χ3v) is 5.00. The van der Waals surface area contributed by atoms with Crippen LogP contribution in [-0.2, 0) is 9.59 Å². The van der Waals surface area contributed by atoms with Crippen molar-refractivity contribution >= 4 is 11.9 Å². The first-order valence-corrected chi connectivity index (χ1v) is 9.60. The first-order valence-electron chi connectivity index (χ1n) is 9.60. The number of esters is 1. The van der Waals surface area contributed by atoms with Crippen LogP contribution in [0.1, 0.15) is 68.6 Å². The molecule has 2 rings (SSSR count). The molecule has 1 saturated carbocycles. The van der Waals surface area contributed by atoms with Gasteiger partial charge in [0.15, 0.2) is 0 Å². The summed E-state index contributed by atoms with van der Waals surface area (Å²) in [6, 6.07) is 2.25. The van der Waals surface area contributed by atoms with E-state index in [1.807, 2.05) is 26.8 Å². The van der Waals surface area contributed by atoms with Crippen LogP contribution in [-0.4, -0.2) is 24.5 Å². The number of rotatable bonds is 7. The lowest BCUT2D eigenvalue weighted by Gasteiger charge is -2.22. The Hall–Kier alpha value is -2.04. The quantitative estimate of drug-likeness (QED) is 0.450. The number of ether oxygens (including phenoxy) is 2. The largest absolute Gasteiger partial charge is 0.493 e. The maximum atomic E-state index is 12.0. The van der Waals surface area contributed by atoms with Crippen LogP contribution in [0.4, 0.5) is 0 Å². The smallest absolute Gasteiger partial charge is 0.308 e. The Morgan fingerprint density at radius 3 is 2.46 bits per heavy atom. The lowest BCUT2D eigenvalue weighted by molar-refractivity contribution is -0.132. The molecule has 0 heterocycles. The first kappa shape index (κ1) is 20.3. The molecule has 1 fully saturated rings. The fourth-order valence-corrected chi connectivity index (χ4v) is 3.43. The van der Waals surface area contributed by atoms with Gasteiger partial charge in [0, 0.05) is 19.4 Å². The van der Waals surface area contributed by atoms with E-state index in [0.717, 1.165) is 35.3 Å². The number of carbonyl (C=O) groups is 2. The van der Waals surface area contributed by atoms with Crippen molar-refractivity contribution in [2.45, 2.75) is 78.7 Å². The van der Waals surface area contributed by atoms with Crippen molar-refractivity contribution in [2.75, 3.05) is 6.61 Å². The van der Waals surface area contributed by atoms with Crippen LogP contribution in [0.2, 0.25) is 0 Å². The normalized spacial score (nSPS) is 14.8. The molecule has 0 radical (unpaired) electrons. The maximum absolute atomic E-state index is 12.0. The van der Waals surface area contributed by atoms with Crippen LogP contribution in [0.25, 0.3) is 0 Å². The molecule has 5 heteroatoms. The van der Waals surface area contributed by atoms with E-state index in [9.17, 15) is 9.59 Å². The number of carbonyl (C=O) groups excluding carboxylic acids is 2. The molecule has 0 bridgehead atoms. The van der Waals surface area contributed by atoms with Gasteiger partial charge >= 0.3 is 5.97 Å². The Labute approximate surface area is 156 Å². The van der Waals surface area contributed by atoms with Crippen molar-refractivity contribution in [2.24, 2.45) is 0 Å². The molecule has 0 saturated heterocycles. The molecular weight excluding hydrogens is 330 g/mol. The third-order valence-electron chi connectivity index (χ3n) is 5.00. The number of amides is 1. The van der Waals surface area contributed by atoms with Crippen LogP contribution in [0, 0.1) is 20.8 Å². The van der Waals surface area contributed by atoms with Gasteiger partial charge < -0.3 is 14.8 Å². The topological polar surface area (TPSA) is 64.6 Å². The lowest BCUT2D eigenvalue weighted by atomic mass is 9.95. The van der Waals surface area contributed by atoms with E-state index in [2.05, 4.69) is 5.32 Å². The summed E-state index contributed by atoms with van der Waals surface area (Å²) in [4.78, 5) is 23.3. The highest BCUT2D eigenvalue weighted by Gasteiger charge is 2.16. The van der Waals surface area contributed by atoms with Gasteiger partial charge in [-0.25, -0.2) is 0 Å². The minimum absolute atomic E-state index is 0.120. The maximum Gasteiger partial charge on any atom is 0.308 e. The highest BCUT2D eigenvalue weighted by Crippen LogP contribution is 2.33. The molecular formula is C21H31NO4. The van der Waals surface area contributed by atoms with Crippen molar-refractivity contribution in [3.63, 3.8) is 0 Å². The van der Waals surface area contributed by atoms with E-state index in [1.165, 1.54) is 26.2 Å². The lowest BCUT2D eigenvalue weighted by Crippen LogP contribution is -2.36. The third kappa shape index (κ3) is 5.75. The number of nitrogens with one attached hydrogen (secondary N) is 1. The van der Waals surface area contributed by atoms with E-state index >= 15 is 0 Å². The Kier molecular flexibility index (Phi) is 7.49. The summed E-state index contributed by atoms with van der Waals surface area (Å²) in [5.74, 6) is 1.18. The summed E-state index contributed by atoms with van der Waals surface area (Å²) in [7, 11) is 0. The van der Waals surface area contributed by atoms with Gasteiger partial charge in [-0.1, -0.05) is 19.3 Å². The summed E-state index contributed by atoms with van der Waals surface area (Å²) >= 11 is 0. The molecule has 144 valence electrons. The van der Waals surface area contributed by atoms with Gasteiger partial charge in [0.2, 0.25) is 5.91 Å². The molecule has 5 nitrogen and oxygen atoms in total. The minimum atomic E-state index is -0.326. The van der Waals surface area contributed by atoms with E-state index in [4.69, 9.17) is 9.47 Å². The fourth-order valence-electron chi connectivity index (χ4n) is 3.43. The fraction of sp³-hybridized carbons (Fsp3) is 0.619. The van der Waals surface area contributed by atoms with Crippen LogP contribution < -0.4 is 14.8 Å². The molecule has 1 aromatic carbocycles. The standard InChI is InChI=1S/C21H31NO4/c1-14-13-19(15(2)16(3)21(14)26-17(4)23)25-12-8-11-20(24)22-18-9-6-5-7-10-18/h13,18H,5-12H2,1-4H3,(H,22,24). The van der Waals surface area contributed by atoms with Crippen LogP contribution in [0.15, 0.2) is 6.07 Å². The highest BCUT2D eigenvalue weighted by molar-refractivity contribution is 5.76. The molecule has 1 aliphatic rings. The molecule has 0 atom stereocenters. The van der Waals surface area contributed by atoms with Crippen molar-refractivity contribution in [3.8, 4) is 11.5 Å². The van der Waals surface area contributed by atoms with E-state index in [1.54, 1.807) is 0 Å². The van der Waals surface area contributed by atoms with Gasteiger partial charge in [0.25, 0.3) is 0 Å². The average molecular weight is 361 g/mol.